The zero-order valence-corrected chi connectivity index (χ0v) is 31.0. The summed E-state index contributed by atoms with van der Waals surface area (Å²) in [6.45, 7) is 12.3. The number of aromatic amines is 1. The van der Waals surface area contributed by atoms with E-state index in [1.165, 1.54) is 38.5 Å². The van der Waals surface area contributed by atoms with Gasteiger partial charge >= 0.3 is 0 Å². The van der Waals surface area contributed by atoms with Gasteiger partial charge in [0.2, 0.25) is 5.91 Å². The standard InChI is InChI=1S/C41H52N8O3/c1-25(2)49-36-18-32(17-33(35(36)24-44-49)39(51)43-23-34-26(3)13-27(4)45-40(34)52)31-5-6-37(42-22-31)48-11-9-47(10-12-48)8-7-38(50)46-41-19-28-14-29(20-41)16-30(15-28)21-41/h5-6,13,17-18,22,24-25,28-30H,7-12,14-16,19-21,23H2,1-4H3,(H,43,51)(H,45,52)(H,46,50). The van der Waals surface area contributed by atoms with Crippen molar-refractivity contribution in [2.45, 2.75) is 90.8 Å². The lowest BCUT2D eigenvalue weighted by Crippen LogP contribution is -2.60. The number of aromatic nitrogens is 4. The highest BCUT2D eigenvalue weighted by Gasteiger charge is 2.51. The molecule has 0 radical (unpaired) electrons. The molecule has 3 aromatic heterocycles. The van der Waals surface area contributed by atoms with Crippen LogP contribution >= 0.6 is 0 Å². The van der Waals surface area contributed by atoms with Crippen LogP contribution in [-0.2, 0) is 11.3 Å². The quantitative estimate of drug-likeness (QED) is 0.199. The van der Waals surface area contributed by atoms with Crippen molar-refractivity contribution >= 4 is 28.5 Å². The van der Waals surface area contributed by atoms with E-state index in [4.69, 9.17) is 4.98 Å². The number of amides is 2. The summed E-state index contributed by atoms with van der Waals surface area (Å²) in [4.78, 5) is 51.8. The number of benzene rings is 1. The van der Waals surface area contributed by atoms with Crippen LogP contribution in [0.2, 0.25) is 0 Å². The Hall–Kier alpha value is -4.51. The molecule has 0 unspecified atom stereocenters. The van der Waals surface area contributed by atoms with Gasteiger partial charge in [0.15, 0.2) is 0 Å². The number of aryl methyl sites for hydroxylation is 2. The van der Waals surface area contributed by atoms with Crippen molar-refractivity contribution in [1.82, 2.24) is 35.3 Å². The van der Waals surface area contributed by atoms with Crippen LogP contribution in [-0.4, -0.2) is 74.7 Å². The third-order valence-corrected chi connectivity index (χ3v) is 12.2. The van der Waals surface area contributed by atoms with Crippen molar-refractivity contribution < 1.29 is 9.59 Å². The van der Waals surface area contributed by atoms with E-state index in [2.05, 4.69) is 62.6 Å². The van der Waals surface area contributed by atoms with E-state index in [1.54, 1.807) is 6.20 Å². The van der Waals surface area contributed by atoms with Crippen LogP contribution in [0.25, 0.3) is 22.0 Å². The highest BCUT2D eigenvalue weighted by atomic mass is 16.2. The molecule has 4 heterocycles. The predicted molar refractivity (Wildman–Crippen MR) is 203 cm³/mol. The van der Waals surface area contributed by atoms with Crippen LogP contribution in [0.3, 0.4) is 0 Å². The normalized spacial score (nSPS) is 24.2. The van der Waals surface area contributed by atoms with Gasteiger partial charge in [0.1, 0.15) is 5.82 Å². The molecule has 1 aliphatic heterocycles. The molecule has 4 aromatic rings. The lowest BCUT2D eigenvalue weighted by atomic mass is 9.53. The molecular formula is C41H52N8O3. The monoisotopic (exact) mass is 704 g/mol. The largest absolute Gasteiger partial charge is 0.354 e. The summed E-state index contributed by atoms with van der Waals surface area (Å²) in [6, 6.07) is 10.1. The Labute approximate surface area is 305 Å². The number of piperazine rings is 1. The minimum Gasteiger partial charge on any atom is -0.354 e. The Morgan fingerprint density at radius 1 is 0.942 bits per heavy atom. The first-order chi connectivity index (χ1) is 25.0. The number of H-pyrrole nitrogens is 1. The number of carbonyl (C=O) groups is 2. The molecule has 0 spiro atoms. The molecule has 11 heteroatoms. The predicted octanol–water partition coefficient (Wildman–Crippen LogP) is 5.51. The molecule has 11 nitrogen and oxygen atoms in total. The second kappa shape index (κ2) is 13.8. The number of nitrogens with one attached hydrogen (secondary N) is 3. The van der Waals surface area contributed by atoms with E-state index in [0.717, 1.165) is 89.6 Å². The summed E-state index contributed by atoms with van der Waals surface area (Å²) in [5.41, 5.74) is 5.23. The zero-order valence-electron chi connectivity index (χ0n) is 31.0. The van der Waals surface area contributed by atoms with E-state index in [-0.39, 0.29) is 35.5 Å². The molecule has 52 heavy (non-hydrogen) atoms. The summed E-state index contributed by atoms with van der Waals surface area (Å²) in [5, 5.41) is 11.9. The number of nitrogens with zero attached hydrogens (tertiary/aromatic N) is 5. The summed E-state index contributed by atoms with van der Waals surface area (Å²) >= 11 is 0. The van der Waals surface area contributed by atoms with Crippen molar-refractivity contribution in [3.63, 3.8) is 0 Å². The average Bonchev–Trinajstić information content (AvgIpc) is 3.54. The van der Waals surface area contributed by atoms with Gasteiger partial charge in [-0.1, -0.05) is 0 Å². The van der Waals surface area contributed by atoms with Crippen LogP contribution < -0.4 is 21.1 Å². The molecule has 1 aromatic carbocycles. The number of pyridine rings is 2. The molecule has 2 amide bonds. The fourth-order valence-electron chi connectivity index (χ4n) is 10.1. The molecule has 274 valence electrons. The Bertz CT molecular complexity index is 2000. The second-order valence-electron chi connectivity index (χ2n) is 16.5. The maximum atomic E-state index is 13.7. The molecule has 5 fully saturated rings. The van der Waals surface area contributed by atoms with E-state index >= 15 is 0 Å². The second-order valence-corrected chi connectivity index (χ2v) is 16.5. The first-order valence-electron chi connectivity index (χ1n) is 19.3. The van der Waals surface area contributed by atoms with Gasteiger partial charge < -0.3 is 20.5 Å². The van der Waals surface area contributed by atoms with E-state index in [9.17, 15) is 14.4 Å². The number of anilines is 1. The van der Waals surface area contributed by atoms with Crippen LogP contribution in [0.5, 0.6) is 0 Å². The van der Waals surface area contributed by atoms with E-state index in [1.807, 2.05) is 36.9 Å². The third-order valence-electron chi connectivity index (χ3n) is 12.2. The minimum absolute atomic E-state index is 0.0837. The fourth-order valence-corrected chi connectivity index (χ4v) is 10.1. The van der Waals surface area contributed by atoms with Crippen molar-refractivity contribution in [3.05, 3.63) is 75.5 Å². The number of fused-ring (bicyclic) bond motifs is 1. The van der Waals surface area contributed by atoms with Gasteiger partial charge in [0, 0.05) is 85.7 Å². The molecule has 5 aliphatic rings. The van der Waals surface area contributed by atoms with Crippen LogP contribution in [0, 0.1) is 31.6 Å². The Morgan fingerprint density at radius 2 is 1.65 bits per heavy atom. The molecule has 4 aliphatic carbocycles. The van der Waals surface area contributed by atoms with Gasteiger partial charge in [-0.2, -0.15) is 5.10 Å². The smallest absolute Gasteiger partial charge is 0.253 e. The summed E-state index contributed by atoms with van der Waals surface area (Å²) in [7, 11) is 0. The van der Waals surface area contributed by atoms with E-state index < -0.39 is 0 Å². The first-order valence-corrected chi connectivity index (χ1v) is 19.3. The number of hydrogen-bond donors (Lipinski definition) is 3. The van der Waals surface area contributed by atoms with Crippen molar-refractivity contribution in [2.75, 3.05) is 37.6 Å². The average molecular weight is 705 g/mol. The van der Waals surface area contributed by atoms with Crippen LogP contribution in [0.15, 0.2) is 47.5 Å². The highest BCUT2D eigenvalue weighted by Crippen LogP contribution is 2.55. The summed E-state index contributed by atoms with van der Waals surface area (Å²) in [6.07, 6.45) is 11.9. The van der Waals surface area contributed by atoms with Gasteiger partial charge in [0.25, 0.3) is 11.5 Å². The summed E-state index contributed by atoms with van der Waals surface area (Å²) < 4.78 is 1.93. The lowest BCUT2D eigenvalue weighted by molar-refractivity contribution is -0.127. The number of rotatable bonds is 10. The van der Waals surface area contributed by atoms with Gasteiger partial charge in [-0.3, -0.25) is 24.0 Å². The Morgan fingerprint density at radius 3 is 2.29 bits per heavy atom. The maximum absolute atomic E-state index is 13.7. The summed E-state index contributed by atoms with van der Waals surface area (Å²) in [5.74, 6) is 3.39. The minimum atomic E-state index is -0.262. The molecule has 1 saturated heterocycles. The highest BCUT2D eigenvalue weighted by molar-refractivity contribution is 6.08. The number of carbonyl (C=O) groups excluding carboxylic acids is 2. The van der Waals surface area contributed by atoms with Crippen molar-refractivity contribution in [2.24, 2.45) is 17.8 Å². The number of hydrogen-bond acceptors (Lipinski definition) is 7. The molecule has 4 saturated carbocycles. The molecular weight excluding hydrogens is 653 g/mol. The van der Waals surface area contributed by atoms with Gasteiger partial charge in [-0.25, -0.2) is 4.98 Å². The fraction of sp³-hybridized carbons (Fsp3) is 0.537. The Balaban J connectivity index is 0.906. The SMILES string of the molecule is Cc1cc(C)c(CNC(=O)c2cc(-c3ccc(N4CCN(CCC(=O)NC56CC7CC(CC(C7)C5)C6)CC4)nc3)cc3c2cnn3C(C)C)c(=O)[nH]1. The van der Waals surface area contributed by atoms with Crippen molar-refractivity contribution in [3.8, 4) is 11.1 Å². The third kappa shape index (κ3) is 6.87. The van der Waals surface area contributed by atoms with E-state index in [0.29, 0.717) is 17.5 Å². The molecule has 3 N–H and O–H groups in total. The Kier molecular flexibility index (Phi) is 9.18. The molecule has 0 atom stereocenters. The molecule has 4 bridgehead atoms. The zero-order chi connectivity index (χ0) is 36.1. The van der Waals surface area contributed by atoms with Crippen molar-refractivity contribution in [1.29, 1.82) is 0 Å². The van der Waals surface area contributed by atoms with Gasteiger partial charge in [0.05, 0.1) is 17.3 Å². The first kappa shape index (κ1) is 34.6. The molecule has 9 rings (SSSR count). The topological polar surface area (TPSA) is 128 Å². The van der Waals surface area contributed by atoms with Crippen LogP contribution in [0.1, 0.15) is 92.0 Å². The van der Waals surface area contributed by atoms with Gasteiger partial charge in [-0.05, 0) is 125 Å². The lowest BCUT2D eigenvalue weighted by Gasteiger charge is -2.57. The van der Waals surface area contributed by atoms with Crippen LogP contribution in [0.4, 0.5) is 5.82 Å². The van der Waals surface area contributed by atoms with Gasteiger partial charge in [-0.15, -0.1) is 0 Å². The maximum Gasteiger partial charge on any atom is 0.253 e.